The second-order valence-corrected chi connectivity index (χ2v) is 8.28. The summed E-state index contributed by atoms with van der Waals surface area (Å²) in [6, 6.07) is 2.45. The van der Waals surface area contributed by atoms with Crippen LogP contribution in [0.5, 0.6) is 0 Å². The molecule has 0 aliphatic carbocycles. The highest BCUT2D eigenvalue weighted by molar-refractivity contribution is 9.11. The number of aryl methyl sites for hydroxylation is 2. The average molecular weight is 379 g/mol. The molecule has 0 aliphatic rings. The Kier molecular flexibility index (Phi) is 5.49. The van der Waals surface area contributed by atoms with E-state index >= 15 is 0 Å². The SMILES string of the molecule is CCCNC(c1cc(C)c(Br)s1)c1scc(C)c1Cl. The van der Waals surface area contributed by atoms with Crippen molar-refractivity contribution in [3.63, 3.8) is 0 Å². The number of hydrogen-bond acceptors (Lipinski definition) is 3. The molecular weight excluding hydrogens is 362 g/mol. The first kappa shape index (κ1) is 15.5. The summed E-state index contributed by atoms with van der Waals surface area (Å²) in [5.41, 5.74) is 2.45. The molecule has 2 aromatic rings. The van der Waals surface area contributed by atoms with E-state index in [0.717, 1.165) is 23.6 Å². The maximum Gasteiger partial charge on any atom is 0.0780 e. The molecule has 2 rings (SSSR count). The standard InChI is InChI=1S/C14H17BrClNS2/c1-4-5-17-12(10-6-8(2)14(15)19-10)13-11(16)9(3)7-18-13/h6-7,12,17H,4-5H2,1-3H3. The highest BCUT2D eigenvalue weighted by Gasteiger charge is 2.21. The summed E-state index contributed by atoms with van der Waals surface area (Å²) < 4.78 is 1.20. The highest BCUT2D eigenvalue weighted by Crippen LogP contribution is 2.40. The van der Waals surface area contributed by atoms with Gasteiger partial charge in [0.05, 0.1) is 14.9 Å². The Morgan fingerprint density at radius 2 is 2.11 bits per heavy atom. The van der Waals surface area contributed by atoms with E-state index in [2.05, 4.69) is 53.5 Å². The summed E-state index contributed by atoms with van der Waals surface area (Å²) in [6.45, 7) is 7.37. The molecule has 0 bridgehead atoms. The number of hydrogen-bond donors (Lipinski definition) is 1. The monoisotopic (exact) mass is 377 g/mol. The lowest BCUT2D eigenvalue weighted by Gasteiger charge is -2.16. The van der Waals surface area contributed by atoms with E-state index in [1.807, 2.05) is 0 Å². The van der Waals surface area contributed by atoms with E-state index in [-0.39, 0.29) is 6.04 Å². The molecule has 2 heterocycles. The third-order valence-electron chi connectivity index (χ3n) is 2.95. The van der Waals surface area contributed by atoms with Gasteiger partial charge in [0.2, 0.25) is 0 Å². The van der Waals surface area contributed by atoms with Crippen molar-refractivity contribution in [2.75, 3.05) is 6.54 Å². The molecule has 0 amide bonds. The van der Waals surface area contributed by atoms with Gasteiger partial charge in [-0.05, 0) is 65.3 Å². The largest absolute Gasteiger partial charge is 0.305 e. The summed E-state index contributed by atoms with van der Waals surface area (Å²) in [6.07, 6.45) is 1.12. The Bertz CT molecular complexity index is 542. The lowest BCUT2D eigenvalue weighted by atomic mass is 10.1. The fraction of sp³-hybridized carbons (Fsp3) is 0.429. The van der Waals surface area contributed by atoms with Crippen LogP contribution in [-0.4, -0.2) is 6.54 Å². The fourth-order valence-electron chi connectivity index (χ4n) is 1.88. The first-order valence-electron chi connectivity index (χ1n) is 6.27. The van der Waals surface area contributed by atoms with Gasteiger partial charge < -0.3 is 5.32 Å². The molecule has 5 heteroatoms. The second kappa shape index (κ2) is 6.72. The van der Waals surface area contributed by atoms with Gasteiger partial charge in [0.25, 0.3) is 0 Å². The van der Waals surface area contributed by atoms with Gasteiger partial charge >= 0.3 is 0 Å². The number of thiophene rings is 2. The molecule has 0 aliphatic heterocycles. The van der Waals surface area contributed by atoms with Gasteiger partial charge in [-0.2, -0.15) is 0 Å². The first-order valence-corrected chi connectivity index (χ1v) is 9.14. The van der Waals surface area contributed by atoms with Gasteiger partial charge in [0.15, 0.2) is 0 Å². The molecule has 1 N–H and O–H groups in total. The van der Waals surface area contributed by atoms with Gasteiger partial charge in [0.1, 0.15) is 0 Å². The van der Waals surface area contributed by atoms with Crippen LogP contribution in [0.25, 0.3) is 0 Å². The van der Waals surface area contributed by atoms with Crippen molar-refractivity contribution in [2.24, 2.45) is 0 Å². The zero-order valence-corrected chi connectivity index (χ0v) is 15.2. The highest BCUT2D eigenvalue weighted by atomic mass is 79.9. The van der Waals surface area contributed by atoms with Crippen molar-refractivity contribution >= 4 is 50.2 Å². The molecule has 104 valence electrons. The second-order valence-electron chi connectivity index (χ2n) is 4.59. The van der Waals surface area contributed by atoms with Gasteiger partial charge in [-0.3, -0.25) is 0 Å². The molecule has 1 atom stereocenters. The summed E-state index contributed by atoms with van der Waals surface area (Å²) >= 11 is 13.6. The van der Waals surface area contributed by atoms with Crippen LogP contribution in [0.4, 0.5) is 0 Å². The summed E-state index contributed by atoms with van der Waals surface area (Å²) in [5.74, 6) is 0. The molecule has 0 radical (unpaired) electrons. The molecular formula is C14H17BrClNS2. The fourth-order valence-corrected chi connectivity index (χ4v) is 5.01. The molecule has 19 heavy (non-hydrogen) atoms. The Morgan fingerprint density at radius 3 is 2.58 bits per heavy atom. The Labute approximate surface area is 136 Å². The summed E-state index contributed by atoms with van der Waals surface area (Å²) in [5, 5.41) is 6.65. The van der Waals surface area contributed by atoms with E-state index in [4.69, 9.17) is 11.6 Å². The predicted octanol–water partition coefficient (Wildman–Crippen LogP) is 5.93. The quantitative estimate of drug-likeness (QED) is 0.679. The minimum atomic E-state index is 0.209. The summed E-state index contributed by atoms with van der Waals surface area (Å²) in [4.78, 5) is 2.54. The van der Waals surface area contributed by atoms with Crippen LogP contribution in [-0.2, 0) is 0 Å². The average Bonchev–Trinajstić information content (AvgIpc) is 2.87. The maximum atomic E-state index is 6.44. The molecule has 1 nitrogen and oxygen atoms in total. The van der Waals surface area contributed by atoms with Crippen LogP contribution in [0.15, 0.2) is 15.2 Å². The van der Waals surface area contributed by atoms with E-state index in [1.54, 1.807) is 22.7 Å². The van der Waals surface area contributed by atoms with Gasteiger partial charge in [-0.1, -0.05) is 18.5 Å². The molecule has 0 saturated heterocycles. The Balaban J connectivity index is 2.38. The molecule has 2 aromatic heterocycles. The molecule has 0 aromatic carbocycles. The number of rotatable bonds is 5. The first-order chi connectivity index (χ1) is 9.04. The molecule has 0 fully saturated rings. The smallest absolute Gasteiger partial charge is 0.0780 e. The molecule has 0 spiro atoms. The normalized spacial score (nSPS) is 12.9. The topological polar surface area (TPSA) is 12.0 Å². The van der Waals surface area contributed by atoms with Crippen LogP contribution in [0.3, 0.4) is 0 Å². The van der Waals surface area contributed by atoms with Crippen molar-refractivity contribution in [1.29, 1.82) is 0 Å². The predicted molar refractivity (Wildman–Crippen MR) is 91.0 cm³/mol. The summed E-state index contributed by atoms with van der Waals surface area (Å²) in [7, 11) is 0. The van der Waals surface area contributed by atoms with Crippen LogP contribution < -0.4 is 5.32 Å². The van der Waals surface area contributed by atoms with E-state index in [9.17, 15) is 0 Å². The van der Waals surface area contributed by atoms with E-state index in [1.165, 1.54) is 19.1 Å². The number of nitrogens with one attached hydrogen (secondary N) is 1. The van der Waals surface area contributed by atoms with E-state index < -0.39 is 0 Å². The molecule has 1 unspecified atom stereocenters. The lowest BCUT2D eigenvalue weighted by molar-refractivity contribution is 0.613. The zero-order valence-electron chi connectivity index (χ0n) is 11.2. The lowest BCUT2D eigenvalue weighted by Crippen LogP contribution is -2.21. The van der Waals surface area contributed by atoms with Crippen molar-refractivity contribution in [3.05, 3.63) is 41.1 Å². The third-order valence-corrected chi connectivity index (χ3v) is 6.93. The maximum absolute atomic E-state index is 6.44. The van der Waals surface area contributed by atoms with Crippen molar-refractivity contribution < 1.29 is 0 Å². The third kappa shape index (κ3) is 3.42. The van der Waals surface area contributed by atoms with Crippen LogP contribution >= 0.6 is 50.2 Å². The minimum absolute atomic E-state index is 0.209. The Morgan fingerprint density at radius 1 is 1.37 bits per heavy atom. The van der Waals surface area contributed by atoms with Gasteiger partial charge in [-0.15, -0.1) is 22.7 Å². The minimum Gasteiger partial charge on any atom is -0.305 e. The van der Waals surface area contributed by atoms with Gasteiger partial charge in [-0.25, -0.2) is 0 Å². The van der Waals surface area contributed by atoms with Crippen LogP contribution in [0.2, 0.25) is 5.02 Å². The van der Waals surface area contributed by atoms with Crippen LogP contribution in [0, 0.1) is 13.8 Å². The van der Waals surface area contributed by atoms with Gasteiger partial charge in [0, 0.05) is 9.75 Å². The van der Waals surface area contributed by atoms with E-state index in [0.29, 0.717) is 0 Å². The van der Waals surface area contributed by atoms with Crippen molar-refractivity contribution in [3.8, 4) is 0 Å². The van der Waals surface area contributed by atoms with Crippen molar-refractivity contribution in [1.82, 2.24) is 5.32 Å². The van der Waals surface area contributed by atoms with Crippen molar-refractivity contribution in [2.45, 2.75) is 33.2 Å². The molecule has 0 saturated carbocycles. The Hall–Kier alpha value is 0.130. The zero-order chi connectivity index (χ0) is 14.0. The van der Waals surface area contributed by atoms with Crippen LogP contribution in [0.1, 0.15) is 40.3 Å². The number of halogens is 2.